The molecule has 0 saturated carbocycles. The average Bonchev–Trinajstić information content (AvgIpc) is 3.09. The number of carbonyl (C=O) groups excluding carboxylic acids is 3. The average molecular weight is 677 g/mol. The first-order valence-electron chi connectivity index (χ1n) is 17.0. The summed E-state index contributed by atoms with van der Waals surface area (Å²) in [6, 6.07) is 12.3. The Labute approximate surface area is 290 Å². The number of methoxy groups -OCH3 is 2. The predicted octanol–water partition coefficient (Wildman–Crippen LogP) is 4.12. The van der Waals surface area contributed by atoms with Crippen molar-refractivity contribution in [3.8, 4) is 5.75 Å². The highest BCUT2D eigenvalue weighted by molar-refractivity contribution is 5.92. The van der Waals surface area contributed by atoms with Crippen molar-refractivity contribution in [2.45, 2.75) is 83.9 Å². The highest BCUT2D eigenvalue weighted by atomic mass is 16.5. The number of nitrogens with zero attached hydrogens (tertiary/aromatic N) is 1. The molecule has 0 spiro atoms. The molecule has 2 aromatic carbocycles. The van der Waals surface area contributed by atoms with Gasteiger partial charge in [0.2, 0.25) is 11.8 Å². The van der Waals surface area contributed by atoms with Gasteiger partial charge in [-0.3, -0.25) is 19.4 Å². The summed E-state index contributed by atoms with van der Waals surface area (Å²) in [5.74, 6) is -1.78. The first-order valence-corrected chi connectivity index (χ1v) is 17.0. The van der Waals surface area contributed by atoms with E-state index < -0.39 is 30.0 Å². The van der Waals surface area contributed by atoms with Gasteiger partial charge in [-0.05, 0) is 53.6 Å². The molecule has 3 amide bonds. The summed E-state index contributed by atoms with van der Waals surface area (Å²) in [6.07, 6.45) is 4.57. The van der Waals surface area contributed by atoms with Crippen molar-refractivity contribution in [1.29, 1.82) is 0 Å². The lowest BCUT2D eigenvalue weighted by Gasteiger charge is -2.37. The van der Waals surface area contributed by atoms with Crippen LogP contribution in [0.4, 0.5) is 0 Å². The van der Waals surface area contributed by atoms with Gasteiger partial charge in [-0.2, -0.15) is 0 Å². The molecular formula is C38H52N4O7. The number of hydrogen-bond acceptors (Lipinski definition) is 8. The number of amides is 3. The molecule has 266 valence electrons. The Morgan fingerprint density at radius 1 is 1.02 bits per heavy atom. The van der Waals surface area contributed by atoms with Crippen molar-refractivity contribution >= 4 is 23.8 Å². The van der Waals surface area contributed by atoms with Gasteiger partial charge in [0.25, 0.3) is 5.91 Å². The van der Waals surface area contributed by atoms with E-state index in [4.69, 9.17) is 14.2 Å². The third kappa shape index (κ3) is 9.93. The van der Waals surface area contributed by atoms with Gasteiger partial charge in [0, 0.05) is 33.1 Å². The summed E-state index contributed by atoms with van der Waals surface area (Å²) >= 11 is 0. The molecule has 11 heteroatoms. The van der Waals surface area contributed by atoms with Crippen LogP contribution in [0.15, 0.2) is 66.9 Å². The molecule has 2 aliphatic rings. The number of aromatic hydroxyl groups is 1. The van der Waals surface area contributed by atoms with E-state index in [-0.39, 0.29) is 48.0 Å². The van der Waals surface area contributed by atoms with Crippen molar-refractivity contribution in [2.75, 3.05) is 20.8 Å². The Morgan fingerprint density at radius 3 is 2.47 bits per heavy atom. The zero-order chi connectivity index (χ0) is 35.7. The maximum atomic E-state index is 14.1. The fourth-order valence-electron chi connectivity index (χ4n) is 6.51. The van der Waals surface area contributed by atoms with Crippen molar-refractivity contribution in [3.05, 3.63) is 83.6 Å². The SMILES string of the molecule is C=C1OCc2cccc(c2)/C=C/[C@H](OC)C(C)C(OC)C(C)C(=O)NC(C(C)C)C(=O)NC(Cc2cccc(O)c2)C(=O)N2CCCC1N2. The summed E-state index contributed by atoms with van der Waals surface area (Å²) in [5, 5.41) is 17.5. The van der Waals surface area contributed by atoms with E-state index in [2.05, 4.69) is 22.6 Å². The second-order valence-corrected chi connectivity index (χ2v) is 13.4. The second-order valence-electron chi connectivity index (χ2n) is 13.4. The Hall–Kier alpha value is -4.19. The van der Waals surface area contributed by atoms with Gasteiger partial charge >= 0.3 is 0 Å². The normalized spacial score (nSPS) is 28.5. The zero-order valence-electron chi connectivity index (χ0n) is 29.5. The first-order chi connectivity index (χ1) is 23.4. The lowest BCUT2D eigenvalue weighted by molar-refractivity contribution is -0.142. The van der Waals surface area contributed by atoms with Gasteiger partial charge in [-0.25, -0.2) is 5.43 Å². The van der Waals surface area contributed by atoms with E-state index in [1.165, 1.54) is 5.01 Å². The molecule has 4 bridgehead atoms. The van der Waals surface area contributed by atoms with Crippen LogP contribution in [-0.2, 0) is 41.6 Å². The van der Waals surface area contributed by atoms with Gasteiger partial charge in [-0.15, -0.1) is 0 Å². The molecule has 49 heavy (non-hydrogen) atoms. The molecule has 1 fully saturated rings. The topological polar surface area (TPSA) is 138 Å². The van der Waals surface area contributed by atoms with Crippen molar-refractivity contribution in [1.82, 2.24) is 21.1 Å². The maximum absolute atomic E-state index is 14.1. The van der Waals surface area contributed by atoms with Crippen molar-refractivity contribution in [2.24, 2.45) is 17.8 Å². The van der Waals surface area contributed by atoms with Gasteiger partial charge in [0.15, 0.2) is 0 Å². The van der Waals surface area contributed by atoms with Gasteiger partial charge in [0.1, 0.15) is 30.2 Å². The second kappa shape index (κ2) is 17.5. The van der Waals surface area contributed by atoms with Gasteiger partial charge in [-0.1, -0.05) is 76.8 Å². The number of hydrogen-bond donors (Lipinski definition) is 4. The summed E-state index contributed by atoms with van der Waals surface area (Å²) in [5.41, 5.74) is 5.84. The van der Waals surface area contributed by atoms with Crippen LogP contribution in [-0.4, -0.2) is 78.9 Å². The van der Waals surface area contributed by atoms with Crippen LogP contribution >= 0.6 is 0 Å². The number of fused-ring (bicyclic) bond motifs is 4. The Morgan fingerprint density at radius 2 is 1.78 bits per heavy atom. The molecule has 2 aliphatic heterocycles. The molecule has 6 unspecified atom stereocenters. The third-order valence-electron chi connectivity index (χ3n) is 9.39. The molecule has 0 aromatic heterocycles. The molecular weight excluding hydrogens is 624 g/mol. The summed E-state index contributed by atoms with van der Waals surface area (Å²) in [4.78, 5) is 41.8. The quantitative estimate of drug-likeness (QED) is 0.371. The Bertz CT molecular complexity index is 1490. The number of hydrazine groups is 1. The number of phenolic OH excluding ortho intramolecular Hbond substituents is 1. The number of benzene rings is 2. The molecule has 0 radical (unpaired) electrons. The minimum atomic E-state index is -0.994. The molecule has 0 aliphatic carbocycles. The van der Waals surface area contributed by atoms with Gasteiger partial charge < -0.3 is 30.0 Å². The monoisotopic (exact) mass is 676 g/mol. The minimum Gasteiger partial charge on any atom is -0.508 e. The van der Waals surface area contributed by atoms with E-state index in [1.807, 2.05) is 57.2 Å². The number of ether oxygens (including phenoxy) is 3. The predicted molar refractivity (Wildman–Crippen MR) is 188 cm³/mol. The van der Waals surface area contributed by atoms with Crippen LogP contribution < -0.4 is 16.1 Å². The highest BCUT2D eigenvalue weighted by Gasteiger charge is 2.37. The van der Waals surface area contributed by atoms with Crippen LogP contribution in [0.25, 0.3) is 6.08 Å². The largest absolute Gasteiger partial charge is 0.508 e. The van der Waals surface area contributed by atoms with E-state index in [0.717, 1.165) is 11.1 Å². The van der Waals surface area contributed by atoms with E-state index in [9.17, 15) is 19.5 Å². The lowest BCUT2D eigenvalue weighted by Crippen LogP contribution is -2.61. The smallest absolute Gasteiger partial charge is 0.259 e. The van der Waals surface area contributed by atoms with E-state index in [0.29, 0.717) is 37.3 Å². The standard InChI is InChI=1S/C38H52N4O7/c1-23(2)34-37(45)39-32(21-28-12-9-14-30(43)20-28)38(46)42-18-10-15-31(41-42)26(5)49-22-29-13-8-11-27(19-29)16-17-33(47-6)24(3)35(48-7)25(4)36(44)40-34/h8-9,11-14,16-17,19-20,23-25,31-35,41,43H,5,10,15,18,21-22H2,1-4,6-7H3,(H,39,45)(H,40,44)/b17-16+/t24?,25?,31?,32?,33-,34?,35?/m0/s1. The molecule has 4 rings (SSSR count). The molecule has 4 N–H and O–H groups in total. The van der Waals surface area contributed by atoms with Crippen molar-refractivity contribution in [3.63, 3.8) is 0 Å². The summed E-state index contributed by atoms with van der Waals surface area (Å²) in [7, 11) is 3.18. The van der Waals surface area contributed by atoms with Crippen LogP contribution in [0.2, 0.25) is 0 Å². The first kappa shape index (κ1) is 37.6. The number of carbonyl (C=O) groups is 3. The zero-order valence-corrected chi connectivity index (χ0v) is 29.5. The Balaban J connectivity index is 1.70. The van der Waals surface area contributed by atoms with Crippen LogP contribution in [0.1, 0.15) is 57.2 Å². The highest BCUT2D eigenvalue weighted by Crippen LogP contribution is 2.25. The Kier molecular flexibility index (Phi) is 13.4. The molecule has 1 saturated heterocycles. The summed E-state index contributed by atoms with van der Waals surface area (Å²) < 4.78 is 17.8. The number of nitrogens with one attached hydrogen (secondary N) is 3. The maximum Gasteiger partial charge on any atom is 0.259 e. The van der Waals surface area contributed by atoms with E-state index in [1.54, 1.807) is 45.4 Å². The molecule has 7 atom stereocenters. The molecule has 11 nitrogen and oxygen atoms in total. The van der Waals surface area contributed by atoms with E-state index >= 15 is 0 Å². The minimum absolute atomic E-state index is 0.0549. The summed E-state index contributed by atoms with van der Waals surface area (Å²) in [6.45, 7) is 12.3. The van der Waals surface area contributed by atoms with Gasteiger partial charge in [0.05, 0.1) is 24.2 Å². The van der Waals surface area contributed by atoms with Crippen LogP contribution in [0.5, 0.6) is 5.75 Å². The van der Waals surface area contributed by atoms with Crippen LogP contribution in [0.3, 0.4) is 0 Å². The molecule has 2 heterocycles. The lowest BCUT2D eigenvalue weighted by atomic mass is 9.87. The number of rotatable bonds is 5. The fraction of sp³-hybridized carbons (Fsp3) is 0.500. The fourth-order valence-corrected chi connectivity index (χ4v) is 6.51. The van der Waals surface area contributed by atoms with Crippen molar-refractivity contribution < 1.29 is 33.7 Å². The number of phenols is 1. The molecule has 2 aromatic rings. The van der Waals surface area contributed by atoms with Crippen LogP contribution in [0, 0.1) is 17.8 Å². The third-order valence-corrected chi connectivity index (χ3v) is 9.39.